The molecule has 2 saturated heterocycles. The van der Waals surface area contributed by atoms with Gasteiger partial charge in [-0.3, -0.25) is 23.7 Å². The number of pyridine rings is 1. The molecule has 30 heavy (non-hydrogen) atoms. The Balaban J connectivity index is 1.78. The van der Waals surface area contributed by atoms with E-state index in [0.717, 1.165) is 44.1 Å². The van der Waals surface area contributed by atoms with Crippen molar-refractivity contribution in [2.24, 2.45) is 0 Å². The lowest BCUT2D eigenvalue weighted by atomic mass is 10.1. The lowest BCUT2D eigenvalue weighted by Gasteiger charge is -2.29. The van der Waals surface area contributed by atoms with Gasteiger partial charge in [0.05, 0.1) is 16.9 Å². The molecule has 156 valence electrons. The predicted octanol–water partition coefficient (Wildman–Crippen LogP) is 2.36. The van der Waals surface area contributed by atoms with E-state index in [1.54, 1.807) is 24.4 Å². The van der Waals surface area contributed by atoms with Gasteiger partial charge in [-0.1, -0.05) is 30.0 Å². The van der Waals surface area contributed by atoms with Gasteiger partial charge >= 0.3 is 5.97 Å². The van der Waals surface area contributed by atoms with Crippen molar-refractivity contribution < 1.29 is 14.7 Å². The number of carboxylic acids is 1. The molecule has 0 bridgehead atoms. The molecule has 2 aromatic rings. The largest absolute Gasteiger partial charge is 0.481 e. The number of thiocarbonyl (C=S) groups is 1. The smallest absolute Gasteiger partial charge is 0.305 e. The molecule has 1 amide bonds. The van der Waals surface area contributed by atoms with E-state index in [9.17, 15) is 14.4 Å². The Labute approximate surface area is 182 Å². The van der Waals surface area contributed by atoms with Gasteiger partial charge < -0.3 is 10.0 Å². The number of piperidine rings is 1. The fourth-order valence-corrected chi connectivity index (χ4v) is 4.89. The number of hydrogen-bond acceptors (Lipinski definition) is 7. The van der Waals surface area contributed by atoms with Crippen LogP contribution in [0.3, 0.4) is 0 Å². The van der Waals surface area contributed by atoms with Crippen LogP contribution < -0.4 is 10.5 Å². The molecular weight excluding hydrogens is 424 g/mol. The maximum Gasteiger partial charge on any atom is 0.305 e. The van der Waals surface area contributed by atoms with E-state index in [-0.39, 0.29) is 24.4 Å². The van der Waals surface area contributed by atoms with E-state index in [1.165, 1.54) is 9.30 Å². The maximum absolute atomic E-state index is 13.3. The van der Waals surface area contributed by atoms with Crippen molar-refractivity contribution in [1.29, 1.82) is 0 Å². The summed E-state index contributed by atoms with van der Waals surface area (Å²) in [7, 11) is 0. The number of carboxylic acid groups (broad SMARTS) is 1. The monoisotopic (exact) mass is 444 g/mol. The second-order valence-electron chi connectivity index (χ2n) is 7.11. The number of fused-ring (bicyclic) bond motifs is 1. The summed E-state index contributed by atoms with van der Waals surface area (Å²) in [6, 6.07) is 5.37. The van der Waals surface area contributed by atoms with E-state index in [2.05, 4.69) is 4.90 Å². The predicted molar refractivity (Wildman–Crippen MR) is 120 cm³/mol. The van der Waals surface area contributed by atoms with Gasteiger partial charge in [0.2, 0.25) is 0 Å². The first-order valence-electron chi connectivity index (χ1n) is 9.69. The third kappa shape index (κ3) is 3.97. The van der Waals surface area contributed by atoms with Crippen LogP contribution in [0.1, 0.15) is 31.2 Å². The zero-order valence-electron chi connectivity index (χ0n) is 16.1. The number of carbonyl (C=O) groups excluding carboxylic acids is 1. The molecule has 0 atom stereocenters. The number of anilines is 1. The molecule has 1 N–H and O–H groups in total. The molecule has 4 heterocycles. The number of carbonyl (C=O) groups is 2. The molecule has 0 aromatic carbocycles. The van der Waals surface area contributed by atoms with Crippen LogP contribution >= 0.6 is 24.0 Å². The maximum atomic E-state index is 13.3. The molecule has 2 aliphatic heterocycles. The van der Waals surface area contributed by atoms with Crippen LogP contribution in [0.5, 0.6) is 0 Å². The van der Waals surface area contributed by atoms with Crippen molar-refractivity contribution in [3.05, 3.63) is 45.2 Å². The average Bonchev–Trinajstić information content (AvgIpc) is 3.01. The highest BCUT2D eigenvalue weighted by atomic mass is 32.2. The number of nitrogens with zero attached hydrogens (tertiary/aromatic N) is 4. The molecule has 10 heteroatoms. The number of amides is 1. The molecule has 0 radical (unpaired) electrons. The minimum atomic E-state index is -1.00. The summed E-state index contributed by atoms with van der Waals surface area (Å²) in [6.45, 7) is 1.61. The van der Waals surface area contributed by atoms with Crippen LogP contribution in [-0.2, 0) is 9.59 Å². The zero-order chi connectivity index (χ0) is 21.3. The Bertz CT molecular complexity index is 1120. The summed E-state index contributed by atoms with van der Waals surface area (Å²) in [5.41, 5.74) is 0.644. The molecule has 8 nitrogen and oxygen atoms in total. The SMILES string of the molecule is O=C(O)CCN1C(=O)/C(=C\c2c(N3CCCCC3)nc3ccccn3c2=O)SC1=S. The lowest BCUT2D eigenvalue weighted by Crippen LogP contribution is -2.33. The second-order valence-corrected chi connectivity index (χ2v) is 8.78. The van der Waals surface area contributed by atoms with Gasteiger partial charge in [-0.15, -0.1) is 0 Å². The summed E-state index contributed by atoms with van der Waals surface area (Å²) < 4.78 is 1.76. The van der Waals surface area contributed by atoms with Crippen molar-refractivity contribution in [2.45, 2.75) is 25.7 Å². The van der Waals surface area contributed by atoms with Crippen molar-refractivity contribution in [2.75, 3.05) is 24.5 Å². The third-order valence-electron chi connectivity index (χ3n) is 5.10. The van der Waals surface area contributed by atoms with Gasteiger partial charge in [0.25, 0.3) is 11.5 Å². The third-order valence-corrected chi connectivity index (χ3v) is 6.48. The number of hydrogen-bond donors (Lipinski definition) is 1. The van der Waals surface area contributed by atoms with Crippen molar-refractivity contribution in [3.63, 3.8) is 0 Å². The molecule has 0 aliphatic carbocycles. The Hall–Kier alpha value is -2.72. The average molecular weight is 445 g/mol. The van der Waals surface area contributed by atoms with Crippen LogP contribution in [0.15, 0.2) is 34.1 Å². The van der Waals surface area contributed by atoms with Gasteiger partial charge in [-0.25, -0.2) is 4.98 Å². The molecule has 2 fully saturated rings. The molecule has 0 spiro atoms. The minimum Gasteiger partial charge on any atom is -0.481 e. The number of aliphatic carboxylic acids is 1. The molecule has 2 aliphatic rings. The van der Waals surface area contributed by atoms with Gasteiger partial charge in [0.1, 0.15) is 15.8 Å². The fraction of sp³-hybridized carbons (Fsp3) is 0.350. The first kappa shape index (κ1) is 20.5. The van der Waals surface area contributed by atoms with E-state index < -0.39 is 5.97 Å². The number of rotatable bonds is 5. The Morgan fingerprint density at radius 1 is 1.23 bits per heavy atom. The topological polar surface area (TPSA) is 95.2 Å². The summed E-state index contributed by atoms with van der Waals surface area (Å²) in [5, 5.41) is 8.90. The first-order chi connectivity index (χ1) is 14.5. The first-order valence-corrected chi connectivity index (χ1v) is 10.9. The molecule has 0 saturated carbocycles. The molecule has 4 rings (SSSR count). The van der Waals surface area contributed by atoms with Gasteiger partial charge in [-0.2, -0.15) is 0 Å². The van der Waals surface area contributed by atoms with Crippen LogP contribution in [0.2, 0.25) is 0 Å². The summed E-state index contributed by atoms with van der Waals surface area (Å²) in [4.78, 5) is 45.3. The van der Waals surface area contributed by atoms with Gasteiger partial charge in [0, 0.05) is 25.8 Å². The summed E-state index contributed by atoms with van der Waals surface area (Å²) in [5.74, 6) is -0.813. The van der Waals surface area contributed by atoms with Crippen LogP contribution in [-0.4, -0.2) is 55.2 Å². The van der Waals surface area contributed by atoms with Crippen molar-refractivity contribution in [1.82, 2.24) is 14.3 Å². The van der Waals surface area contributed by atoms with Gasteiger partial charge in [0.15, 0.2) is 0 Å². The Morgan fingerprint density at radius 3 is 2.73 bits per heavy atom. The van der Waals surface area contributed by atoms with Crippen molar-refractivity contribution in [3.8, 4) is 0 Å². The van der Waals surface area contributed by atoms with Crippen LogP contribution in [0.4, 0.5) is 5.82 Å². The van der Waals surface area contributed by atoms with Crippen LogP contribution in [0, 0.1) is 0 Å². The fourth-order valence-electron chi connectivity index (χ4n) is 3.60. The second kappa shape index (κ2) is 8.57. The van der Waals surface area contributed by atoms with E-state index >= 15 is 0 Å². The highest BCUT2D eigenvalue weighted by molar-refractivity contribution is 8.26. The van der Waals surface area contributed by atoms with Crippen LogP contribution in [0.25, 0.3) is 11.7 Å². The van der Waals surface area contributed by atoms with Gasteiger partial charge in [-0.05, 0) is 37.5 Å². The molecule has 0 unspecified atom stereocenters. The number of aromatic nitrogens is 2. The normalized spacial score (nSPS) is 18.6. The van der Waals surface area contributed by atoms with Crippen molar-refractivity contribution >= 4 is 57.7 Å². The number of thioether (sulfide) groups is 1. The summed E-state index contributed by atoms with van der Waals surface area (Å²) in [6.07, 6.45) is 6.19. The molecular formula is C20H20N4O4S2. The highest BCUT2D eigenvalue weighted by Gasteiger charge is 2.33. The highest BCUT2D eigenvalue weighted by Crippen LogP contribution is 2.34. The standard InChI is InChI=1S/C20H20N4O4S2/c25-16(26)7-11-24-19(28)14(30-20(24)29)12-13-17(22-8-3-1-4-9-22)21-15-6-2-5-10-23(15)18(13)27/h2,5-6,10,12H,1,3-4,7-9,11H2,(H,25,26)/b14-12+. The zero-order valence-corrected chi connectivity index (χ0v) is 17.7. The lowest BCUT2D eigenvalue weighted by molar-refractivity contribution is -0.137. The quantitative estimate of drug-likeness (QED) is 0.555. The summed E-state index contributed by atoms with van der Waals surface area (Å²) >= 11 is 6.33. The van der Waals surface area contributed by atoms with E-state index in [1.807, 2.05) is 6.07 Å². The molecule has 2 aromatic heterocycles. The van der Waals surface area contributed by atoms with E-state index in [4.69, 9.17) is 22.3 Å². The Morgan fingerprint density at radius 2 is 2.00 bits per heavy atom. The van der Waals surface area contributed by atoms with E-state index in [0.29, 0.717) is 26.3 Å². The minimum absolute atomic E-state index is 0.00523. The Kier molecular flexibility index (Phi) is 5.87.